The number of hydrogen-bond acceptors (Lipinski definition) is 8. The lowest BCUT2D eigenvalue weighted by molar-refractivity contribution is -0.121. The first-order chi connectivity index (χ1) is 16.6. The molecule has 0 bridgehead atoms. The average Bonchev–Trinajstić information content (AvgIpc) is 3.73. The van der Waals surface area contributed by atoms with Gasteiger partial charge in [-0.1, -0.05) is 11.3 Å². The van der Waals surface area contributed by atoms with Crippen LogP contribution in [0.25, 0.3) is 10.4 Å². The summed E-state index contributed by atoms with van der Waals surface area (Å²) < 4.78 is 27.2. The number of hydrogen-bond donors (Lipinski definition) is 3. The Kier molecular flexibility index (Phi) is 5.77. The number of aryl methyl sites for hydroxylation is 1. The van der Waals surface area contributed by atoms with Crippen molar-refractivity contribution in [3.63, 3.8) is 0 Å². The van der Waals surface area contributed by atoms with E-state index in [1.807, 2.05) is 19.1 Å². The number of pyridine rings is 1. The Hall–Kier alpha value is -3.08. The van der Waals surface area contributed by atoms with Gasteiger partial charge in [0.1, 0.15) is 6.04 Å². The Labute approximate surface area is 206 Å². The Bertz CT molecular complexity index is 1340. The van der Waals surface area contributed by atoms with Gasteiger partial charge in [-0.05, 0) is 56.7 Å². The first-order valence-electron chi connectivity index (χ1n) is 11.4. The highest BCUT2D eigenvalue weighted by molar-refractivity contribution is 7.90. The van der Waals surface area contributed by atoms with Crippen LogP contribution in [0, 0.1) is 18.3 Å². The maximum absolute atomic E-state index is 13.0. The quantitative estimate of drug-likeness (QED) is 0.502. The molecule has 3 aliphatic rings. The van der Waals surface area contributed by atoms with Crippen molar-refractivity contribution in [2.24, 2.45) is 5.73 Å². The highest BCUT2D eigenvalue weighted by atomic mass is 32.2. The summed E-state index contributed by atoms with van der Waals surface area (Å²) in [7, 11) is -3.47. The molecular formula is C22H25N7O4S2. The fourth-order valence-electron chi connectivity index (χ4n) is 4.39. The molecule has 1 saturated heterocycles. The van der Waals surface area contributed by atoms with Crippen molar-refractivity contribution < 1.29 is 18.0 Å². The van der Waals surface area contributed by atoms with Crippen LogP contribution >= 0.6 is 11.3 Å². The largest absolute Gasteiger partial charge is 0.368 e. The predicted molar refractivity (Wildman–Crippen MR) is 129 cm³/mol. The topological polar surface area (TPSA) is 171 Å². The van der Waals surface area contributed by atoms with Gasteiger partial charge in [-0.15, -0.1) is 0 Å². The summed E-state index contributed by atoms with van der Waals surface area (Å²) in [6.45, 7) is 1.86. The minimum atomic E-state index is -3.47. The molecule has 0 unspecified atom stereocenters. The van der Waals surface area contributed by atoms with Gasteiger partial charge in [-0.3, -0.25) is 15.1 Å². The number of nitrogens with zero attached hydrogens (tertiary/aromatic N) is 4. The van der Waals surface area contributed by atoms with E-state index < -0.39 is 44.7 Å². The number of carbonyl (C=O) groups excluding carboxylic acids is 2. The lowest BCUT2D eigenvalue weighted by Gasteiger charge is -2.21. The number of nitriles is 1. The summed E-state index contributed by atoms with van der Waals surface area (Å²) in [6, 6.07) is 4.00. The van der Waals surface area contributed by atoms with Gasteiger partial charge in [0.2, 0.25) is 15.9 Å². The summed E-state index contributed by atoms with van der Waals surface area (Å²) >= 11 is 1.27. The Morgan fingerprint density at radius 1 is 1.34 bits per heavy atom. The van der Waals surface area contributed by atoms with Crippen molar-refractivity contribution in [2.75, 3.05) is 11.9 Å². The summed E-state index contributed by atoms with van der Waals surface area (Å²) in [5.41, 5.74) is 7.29. The van der Waals surface area contributed by atoms with Gasteiger partial charge in [0.15, 0.2) is 5.13 Å². The molecule has 2 aromatic heterocycles. The summed E-state index contributed by atoms with van der Waals surface area (Å²) in [6.07, 6.45) is 4.61. The van der Waals surface area contributed by atoms with E-state index in [4.69, 9.17) is 5.73 Å². The van der Waals surface area contributed by atoms with Crippen LogP contribution in [-0.2, 0) is 20.2 Å². The van der Waals surface area contributed by atoms with Crippen LogP contribution in [0.1, 0.15) is 43.5 Å². The molecule has 0 aromatic carbocycles. The number of thiazole rings is 1. The first kappa shape index (κ1) is 23.7. The van der Waals surface area contributed by atoms with Crippen molar-refractivity contribution >= 4 is 38.4 Å². The molecular weight excluding hydrogens is 490 g/mol. The monoisotopic (exact) mass is 515 g/mol. The number of anilines is 1. The summed E-state index contributed by atoms with van der Waals surface area (Å²) in [5.74, 6) is -0.694. The van der Waals surface area contributed by atoms with Crippen LogP contribution in [0.3, 0.4) is 0 Å². The molecule has 0 spiro atoms. The second-order valence-electron chi connectivity index (χ2n) is 9.35. The van der Waals surface area contributed by atoms with Gasteiger partial charge in [0.25, 0.3) is 0 Å². The van der Waals surface area contributed by atoms with E-state index in [2.05, 4.69) is 26.1 Å². The Balaban J connectivity index is 1.31. The molecule has 13 heteroatoms. The number of aromatic nitrogens is 2. The normalized spacial score (nSPS) is 23.0. The minimum absolute atomic E-state index is 0.0343. The summed E-state index contributed by atoms with van der Waals surface area (Å²) in [5, 5.41) is 12.2. The zero-order valence-corrected chi connectivity index (χ0v) is 20.7. The molecule has 3 amide bonds. The Morgan fingerprint density at radius 2 is 2.09 bits per heavy atom. The molecule has 2 atom stereocenters. The number of rotatable bonds is 7. The number of nitrogens with two attached hydrogens (primary N) is 1. The molecule has 3 fully saturated rings. The van der Waals surface area contributed by atoms with Crippen molar-refractivity contribution in [3.8, 4) is 16.5 Å². The molecule has 2 aromatic rings. The first-order valence-corrected chi connectivity index (χ1v) is 13.7. The van der Waals surface area contributed by atoms with Gasteiger partial charge >= 0.3 is 6.03 Å². The molecule has 2 saturated carbocycles. The second-order valence-corrected chi connectivity index (χ2v) is 12.3. The molecule has 3 heterocycles. The molecule has 2 aliphatic carbocycles. The molecule has 11 nitrogen and oxygen atoms in total. The lowest BCUT2D eigenvalue weighted by atomic mass is 10.0. The molecule has 0 radical (unpaired) electrons. The van der Waals surface area contributed by atoms with E-state index in [9.17, 15) is 23.3 Å². The maximum atomic E-state index is 13.0. The smallest absolute Gasteiger partial charge is 0.324 e. The maximum Gasteiger partial charge on any atom is 0.324 e. The van der Waals surface area contributed by atoms with E-state index in [1.165, 1.54) is 16.2 Å². The van der Waals surface area contributed by atoms with Crippen molar-refractivity contribution in [3.05, 3.63) is 29.7 Å². The number of carbonyl (C=O) groups is 2. The van der Waals surface area contributed by atoms with Gasteiger partial charge in [0.05, 0.1) is 33.0 Å². The minimum Gasteiger partial charge on any atom is -0.368 e. The SMILES string of the molecule is Cc1nc(NC(=O)N2C[C@H](NS(=O)(=O)C3CC3)C[C@H]2C(N)=O)sc1-c1ccnc(C2(C#N)CC2)c1. The predicted octanol–water partition coefficient (Wildman–Crippen LogP) is 1.61. The van der Waals surface area contributed by atoms with Gasteiger partial charge in [-0.2, -0.15) is 5.26 Å². The number of sulfonamides is 1. The van der Waals surface area contributed by atoms with E-state index in [0.29, 0.717) is 23.7 Å². The van der Waals surface area contributed by atoms with Crippen LogP contribution in [0.5, 0.6) is 0 Å². The summed E-state index contributed by atoms with van der Waals surface area (Å²) in [4.78, 5) is 35.9. The number of urea groups is 1. The molecule has 4 N–H and O–H groups in total. The highest BCUT2D eigenvalue weighted by Gasteiger charge is 2.46. The fourth-order valence-corrected chi connectivity index (χ4v) is 6.92. The number of nitrogens with one attached hydrogen (secondary N) is 2. The van der Waals surface area contributed by atoms with Gasteiger partial charge in [0, 0.05) is 18.8 Å². The number of primary amides is 1. The Morgan fingerprint density at radius 3 is 2.71 bits per heavy atom. The van der Waals surface area contributed by atoms with Crippen LogP contribution in [0.2, 0.25) is 0 Å². The van der Waals surface area contributed by atoms with Crippen LogP contribution in [0.15, 0.2) is 18.3 Å². The van der Waals surface area contributed by atoms with Crippen LogP contribution in [-0.4, -0.2) is 59.1 Å². The second kappa shape index (κ2) is 8.54. The highest BCUT2D eigenvalue weighted by Crippen LogP contribution is 2.47. The molecule has 5 rings (SSSR count). The molecule has 184 valence electrons. The number of amides is 3. The van der Waals surface area contributed by atoms with Gasteiger partial charge < -0.3 is 10.6 Å². The van der Waals surface area contributed by atoms with E-state index in [0.717, 1.165) is 29.0 Å². The van der Waals surface area contributed by atoms with E-state index >= 15 is 0 Å². The third-order valence-corrected chi connectivity index (χ3v) is 9.80. The van der Waals surface area contributed by atoms with Crippen molar-refractivity contribution in [1.82, 2.24) is 19.6 Å². The van der Waals surface area contributed by atoms with E-state index in [-0.39, 0.29) is 13.0 Å². The zero-order chi connectivity index (χ0) is 25.0. The lowest BCUT2D eigenvalue weighted by Crippen LogP contribution is -2.46. The number of likely N-dealkylation sites (tertiary alicyclic amines) is 1. The molecule has 1 aliphatic heterocycles. The van der Waals surface area contributed by atoms with Crippen molar-refractivity contribution in [2.45, 2.75) is 61.8 Å². The van der Waals surface area contributed by atoms with Crippen LogP contribution in [0.4, 0.5) is 9.93 Å². The molecule has 35 heavy (non-hydrogen) atoms. The van der Waals surface area contributed by atoms with Crippen molar-refractivity contribution in [1.29, 1.82) is 5.26 Å². The van der Waals surface area contributed by atoms with E-state index in [1.54, 1.807) is 6.20 Å². The zero-order valence-electron chi connectivity index (χ0n) is 19.0. The standard InChI is InChI=1S/C22H25N7O4S2/c1-12-18(13-4-7-25-17(8-13)22(11-23)5-6-22)34-20(26-12)27-21(31)29-10-14(9-16(29)19(24)30)28-35(32,33)15-2-3-15/h4,7-8,14-16,28H,2-3,5-6,9-10H2,1H3,(H2,24,30)(H,26,27,31)/t14-,16+/m1/s1. The third-order valence-electron chi connectivity index (χ3n) is 6.67. The van der Waals surface area contributed by atoms with Crippen LogP contribution < -0.4 is 15.8 Å². The third kappa shape index (κ3) is 4.61. The average molecular weight is 516 g/mol. The van der Waals surface area contributed by atoms with Gasteiger partial charge in [-0.25, -0.2) is 22.9 Å². The fraction of sp³-hybridized carbons (Fsp3) is 0.500.